The summed E-state index contributed by atoms with van der Waals surface area (Å²) in [7, 11) is 0. The minimum absolute atomic E-state index is 0.00581. The highest BCUT2D eigenvalue weighted by molar-refractivity contribution is 5.83. The standard InChI is InChI=1S/C14H22N2O3/c1-8(13(17)15-10-5-6-10)16-7-9-3-2-4-11(9)12(16)14(18)19/h8-12H,2-7H2,1H3,(H,15,17)(H,18,19). The van der Waals surface area contributed by atoms with Crippen molar-refractivity contribution < 1.29 is 14.7 Å². The summed E-state index contributed by atoms with van der Waals surface area (Å²) in [6.45, 7) is 2.61. The summed E-state index contributed by atoms with van der Waals surface area (Å²) in [6, 6.07) is -0.458. The predicted octanol–water partition coefficient (Wildman–Crippen LogP) is 0.839. The van der Waals surface area contributed by atoms with Crippen molar-refractivity contribution in [3.63, 3.8) is 0 Å². The van der Waals surface area contributed by atoms with Gasteiger partial charge in [0.2, 0.25) is 5.91 Å². The molecule has 4 atom stereocenters. The van der Waals surface area contributed by atoms with Crippen LogP contribution in [-0.4, -0.2) is 46.6 Å². The molecule has 1 heterocycles. The molecular formula is C14H22N2O3. The summed E-state index contributed by atoms with van der Waals surface area (Å²) in [5, 5.41) is 12.5. The number of hydrogen-bond acceptors (Lipinski definition) is 3. The number of nitrogens with one attached hydrogen (secondary N) is 1. The van der Waals surface area contributed by atoms with Crippen LogP contribution in [0.5, 0.6) is 0 Å². The molecule has 4 unspecified atom stereocenters. The molecule has 2 aliphatic carbocycles. The molecule has 106 valence electrons. The van der Waals surface area contributed by atoms with Gasteiger partial charge in [0, 0.05) is 12.6 Å². The maximum absolute atomic E-state index is 12.1. The summed E-state index contributed by atoms with van der Waals surface area (Å²) in [5.41, 5.74) is 0. The number of rotatable bonds is 4. The predicted molar refractivity (Wildman–Crippen MR) is 69.6 cm³/mol. The molecule has 2 saturated carbocycles. The highest BCUT2D eigenvalue weighted by atomic mass is 16.4. The molecule has 1 aliphatic heterocycles. The number of carbonyl (C=O) groups excluding carboxylic acids is 1. The molecule has 3 aliphatic rings. The van der Waals surface area contributed by atoms with Crippen molar-refractivity contribution in [1.29, 1.82) is 0 Å². The van der Waals surface area contributed by atoms with E-state index in [1.165, 1.54) is 0 Å². The number of hydrogen-bond donors (Lipinski definition) is 2. The number of carboxylic acid groups (broad SMARTS) is 1. The Bertz CT molecular complexity index is 394. The number of carboxylic acids is 1. The van der Waals surface area contributed by atoms with Crippen molar-refractivity contribution in [3.05, 3.63) is 0 Å². The van der Waals surface area contributed by atoms with E-state index in [9.17, 15) is 14.7 Å². The summed E-state index contributed by atoms with van der Waals surface area (Å²) >= 11 is 0. The van der Waals surface area contributed by atoms with Crippen LogP contribution in [0.15, 0.2) is 0 Å². The van der Waals surface area contributed by atoms with Crippen molar-refractivity contribution in [2.24, 2.45) is 11.8 Å². The van der Waals surface area contributed by atoms with Crippen LogP contribution in [-0.2, 0) is 9.59 Å². The highest BCUT2D eigenvalue weighted by Crippen LogP contribution is 2.43. The number of likely N-dealkylation sites (tertiary alicyclic amines) is 1. The van der Waals surface area contributed by atoms with Gasteiger partial charge in [-0.05, 0) is 44.4 Å². The van der Waals surface area contributed by atoms with Crippen LogP contribution in [0, 0.1) is 11.8 Å². The summed E-state index contributed by atoms with van der Waals surface area (Å²) in [4.78, 5) is 25.6. The molecule has 1 amide bonds. The molecule has 0 aromatic heterocycles. The van der Waals surface area contributed by atoms with Gasteiger partial charge in [0.05, 0.1) is 6.04 Å². The SMILES string of the molecule is CC(C(=O)NC1CC1)N1CC2CCCC2C1C(=O)O. The first-order chi connectivity index (χ1) is 9.08. The van der Waals surface area contributed by atoms with Gasteiger partial charge in [0.25, 0.3) is 0 Å². The van der Waals surface area contributed by atoms with Crippen LogP contribution in [0.1, 0.15) is 39.0 Å². The maximum Gasteiger partial charge on any atom is 0.321 e. The molecule has 3 fully saturated rings. The van der Waals surface area contributed by atoms with Crippen LogP contribution in [0.2, 0.25) is 0 Å². The molecule has 5 heteroatoms. The van der Waals surface area contributed by atoms with Crippen LogP contribution < -0.4 is 5.32 Å². The Balaban J connectivity index is 1.71. The average molecular weight is 266 g/mol. The lowest BCUT2D eigenvalue weighted by atomic mass is 9.94. The third-order valence-electron chi connectivity index (χ3n) is 4.98. The molecular weight excluding hydrogens is 244 g/mol. The van der Waals surface area contributed by atoms with Crippen LogP contribution in [0.4, 0.5) is 0 Å². The van der Waals surface area contributed by atoms with Gasteiger partial charge in [-0.1, -0.05) is 6.42 Å². The average Bonchev–Trinajstić information content (AvgIpc) is 2.92. The summed E-state index contributed by atoms with van der Waals surface area (Å²) in [6.07, 6.45) is 5.37. The minimum Gasteiger partial charge on any atom is -0.480 e. The zero-order valence-electron chi connectivity index (χ0n) is 11.3. The molecule has 0 aromatic rings. The first kappa shape index (κ1) is 12.9. The van der Waals surface area contributed by atoms with E-state index in [1.54, 1.807) is 0 Å². The highest BCUT2D eigenvalue weighted by Gasteiger charge is 2.50. The first-order valence-electron chi connectivity index (χ1n) is 7.37. The van der Waals surface area contributed by atoms with E-state index in [0.29, 0.717) is 12.0 Å². The number of nitrogens with zero attached hydrogens (tertiary/aromatic N) is 1. The van der Waals surface area contributed by atoms with E-state index in [2.05, 4.69) is 5.32 Å². The van der Waals surface area contributed by atoms with Crippen molar-refractivity contribution in [2.45, 2.75) is 57.2 Å². The molecule has 0 bridgehead atoms. The lowest BCUT2D eigenvalue weighted by Crippen LogP contribution is -2.51. The van der Waals surface area contributed by atoms with E-state index in [4.69, 9.17) is 0 Å². The third kappa shape index (κ3) is 2.36. The lowest BCUT2D eigenvalue weighted by molar-refractivity contribution is -0.145. The second-order valence-electron chi connectivity index (χ2n) is 6.29. The molecule has 0 aromatic carbocycles. The Morgan fingerprint density at radius 3 is 2.63 bits per heavy atom. The second-order valence-corrected chi connectivity index (χ2v) is 6.29. The quantitative estimate of drug-likeness (QED) is 0.791. The summed E-state index contributed by atoms with van der Waals surface area (Å²) in [5.74, 6) is -0.0554. The van der Waals surface area contributed by atoms with E-state index < -0.39 is 12.0 Å². The topological polar surface area (TPSA) is 69.6 Å². The Morgan fingerprint density at radius 2 is 2.00 bits per heavy atom. The fourth-order valence-corrected chi connectivity index (χ4v) is 3.76. The van der Waals surface area contributed by atoms with Gasteiger partial charge in [-0.15, -0.1) is 0 Å². The lowest BCUT2D eigenvalue weighted by Gasteiger charge is -2.29. The number of carbonyl (C=O) groups is 2. The Labute approximate surface area is 113 Å². The van der Waals surface area contributed by atoms with Gasteiger partial charge in [-0.3, -0.25) is 14.5 Å². The van der Waals surface area contributed by atoms with Gasteiger partial charge in [0.1, 0.15) is 6.04 Å². The molecule has 1 saturated heterocycles. The second kappa shape index (κ2) is 4.78. The van der Waals surface area contributed by atoms with E-state index in [0.717, 1.165) is 38.6 Å². The Hall–Kier alpha value is -1.10. The van der Waals surface area contributed by atoms with Crippen molar-refractivity contribution in [2.75, 3.05) is 6.54 Å². The monoisotopic (exact) mass is 266 g/mol. The smallest absolute Gasteiger partial charge is 0.321 e. The Kier molecular flexibility index (Phi) is 3.25. The Morgan fingerprint density at radius 1 is 1.26 bits per heavy atom. The van der Waals surface area contributed by atoms with Crippen LogP contribution >= 0.6 is 0 Å². The zero-order chi connectivity index (χ0) is 13.6. The maximum atomic E-state index is 12.1. The third-order valence-corrected chi connectivity index (χ3v) is 4.98. The van der Waals surface area contributed by atoms with Crippen molar-refractivity contribution in [1.82, 2.24) is 10.2 Å². The first-order valence-corrected chi connectivity index (χ1v) is 7.37. The molecule has 5 nitrogen and oxygen atoms in total. The van der Waals surface area contributed by atoms with Gasteiger partial charge >= 0.3 is 5.97 Å². The largest absolute Gasteiger partial charge is 0.480 e. The van der Waals surface area contributed by atoms with Crippen LogP contribution in [0.25, 0.3) is 0 Å². The molecule has 19 heavy (non-hydrogen) atoms. The number of aliphatic carboxylic acids is 1. The zero-order valence-corrected chi connectivity index (χ0v) is 11.3. The van der Waals surface area contributed by atoms with E-state index >= 15 is 0 Å². The number of amides is 1. The van der Waals surface area contributed by atoms with Crippen molar-refractivity contribution in [3.8, 4) is 0 Å². The van der Waals surface area contributed by atoms with E-state index in [1.807, 2.05) is 11.8 Å². The van der Waals surface area contributed by atoms with Gasteiger partial charge in [-0.2, -0.15) is 0 Å². The molecule has 0 spiro atoms. The molecule has 3 rings (SSSR count). The van der Waals surface area contributed by atoms with Crippen LogP contribution in [0.3, 0.4) is 0 Å². The van der Waals surface area contributed by atoms with Crippen molar-refractivity contribution >= 4 is 11.9 Å². The fourth-order valence-electron chi connectivity index (χ4n) is 3.76. The summed E-state index contributed by atoms with van der Waals surface area (Å²) < 4.78 is 0. The number of fused-ring (bicyclic) bond motifs is 1. The normalized spacial score (nSPS) is 35.9. The fraction of sp³-hybridized carbons (Fsp3) is 0.857. The van der Waals surface area contributed by atoms with Gasteiger partial charge < -0.3 is 10.4 Å². The molecule has 0 radical (unpaired) electrons. The van der Waals surface area contributed by atoms with E-state index in [-0.39, 0.29) is 17.9 Å². The molecule has 2 N–H and O–H groups in total. The van der Waals surface area contributed by atoms with Gasteiger partial charge in [0.15, 0.2) is 0 Å². The minimum atomic E-state index is -0.763. The van der Waals surface area contributed by atoms with Gasteiger partial charge in [-0.25, -0.2) is 0 Å².